The Morgan fingerprint density at radius 1 is 0.541 bits per heavy atom. The fraction of sp³-hybridized carbons (Fsp3) is 0.468. The van der Waals surface area contributed by atoms with Gasteiger partial charge in [-0.2, -0.15) is 25.6 Å². The van der Waals surface area contributed by atoms with Crippen LogP contribution in [0.1, 0.15) is 124 Å². The smallest absolute Gasteiger partial charge is 0.460 e. The van der Waals surface area contributed by atoms with E-state index in [1.54, 1.807) is 48.5 Å². The van der Waals surface area contributed by atoms with Gasteiger partial charge in [0.25, 0.3) is 10.1 Å². The van der Waals surface area contributed by atoms with Crippen molar-refractivity contribution in [1.82, 2.24) is 0 Å². The number of benzene rings is 4. The van der Waals surface area contributed by atoms with Crippen molar-refractivity contribution in [2.24, 2.45) is 0 Å². The molecule has 0 amide bonds. The molecule has 0 aliphatic carbocycles. The molecule has 0 atom stereocenters. The summed E-state index contributed by atoms with van der Waals surface area (Å²) in [5.41, 5.74) is 0.351. The summed E-state index contributed by atoms with van der Waals surface area (Å²) in [6, 6.07) is 27.8. The van der Waals surface area contributed by atoms with Crippen LogP contribution >= 0.6 is 26.2 Å². The van der Waals surface area contributed by atoms with Gasteiger partial charge in [-0.05, 0) is 98.6 Å². The van der Waals surface area contributed by atoms with E-state index in [2.05, 4.69) is 15.9 Å². The normalized spacial score (nSPS) is 13.6. The van der Waals surface area contributed by atoms with Crippen LogP contribution in [0.3, 0.4) is 0 Å². The van der Waals surface area contributed by atoms with Gasteiger partial charge in [0.05, 0.1) is 18.1 Å². The van der Waals surface area contributed by atoms with Crippen molar-refractivity contribution < 1.29 is 43.0 Å². The lowest BCUT2D eigenvalue weighted by Gasteiger charge is -2.46. The molecule has 0 radical (unpaired) electrons. The number of rotatable bonds is 19. The number of esters is 1. The monoisotopic (exact) mass is 966 g/mol. The zero-order valence-corrected chi connectivity index (χ0v) is 40.8. The highest BCUT2D eigenvalue weighted by Gasteiger charge is 2.60. The Hall–Kier alpha value is -3.14. The minimum Gasteiger partial charge on any atom is -0.460 e. The SMILES string of the molecule is CC(C)(C)c1ccccc1S(OS(=O)(=O)C(F)(F)C(=O)OCCCCCCCCCOS(=O)(=O)c1ccc(Br)cc1)(c1ccccc1C(C)(C)C)c1ccccc1C(C)(C)C. The molecule has 4 rings (SSSR count). The molecular formula is C47H61BrF2O8S3. The standard InChI is InChI=1S/C47H61BrF2O8S3/c1-44(2,3)37-23-15-18-26-40(37)59(41-27-19-16-24-38(41)45(4,5)6,42-28-20-17-25-39(42)46(7,8)9)58-61(54,55)47(49,50)43(51)56-33-21-13-11-10-12-14-22-34-57-60(52,53)36-31-29-35(48)30-32-36/h15-20,23-32H,10-14,21-22,33-34H2,1-9H3. The largest absolute Gasteiger partial charge is 0.466 e. The molecule has 0 saturated heterocycles. The zero-order chi connectivity index (χ0) is 45.5. The second kappa shape index (κ2) is 20.1. The first-order chi connectivity index (χ1) is 28.3. The quantitative estimate of drug-likeness (QED) is 0.0519. The minimum absolute atomic E-state index is 0.0487. The summed E-state index contributed by atoms with van der Waals surface area (Å²) in [5, 5.41) is -5.05. The van der Waals surface area contributed by atoms with Gasteiger partial charge in [0, 0.05) is 19.2 Å². The first-order valence-corrected chi connectivity index (χ1v) is 25.7. The third-order valence-electron chi connectivity index (χ3n) is 10.1. The van der Waals surface area contributed by atoms with Crippen LogP contribution in [0.25, 0.3) is 0 Å². The van der Waals surface area contributed by atoms with E-state index in [1.165, 1.54) is 12.1 Å². The number of carbonyl (C=O) groups is 1. The van der Waals surface area contributed by atoms with Crippen molar-refractivity contribution in [2.75, 3.05) is 13.2 Å². The fourth-order valence-corrected chi connectivity index (χ4v) is 14.3. The van der Waals surface area contributed by atoms with Gasteiger partial charge in [0.15, 0.2) is 0 Å². The lowest BCUT2D eigenvalue weighted by Crippen LogP contribution is -2.41. The van der Waals surface area contributed by atoms with E-state index in [1.807, 2.05) is 98.7 Å². The third kappa shape index (κ3) is 12.3. The zero-order valence-electron chi connectivity index (χ0n) is 36.7. The van der Waals surface area contributed by atoms with Crippen molar-refractivity contribution in [2.45, 2.75) is 148 Å². The van der Waals surface area contributed by atoms with E-state index in [0.29, 0.717) is 50.6 Å². The lowest BCUT2D eigenvalue weighted by atomic mass is 9.87. The summed E-state index contributed by atoms with van der Waals surface area (Å²) in [4.78, 5) is 14.6. The van der Waals surface area contributed by atoms with E-state index < -0.39 is 64.6 Å². The van der Waals surface area contributed by atoms with Crippen LogP contribution in [0.4, 0.5) is 8.78 Å². The van der Waals surface area contributed by atoms with Gasteiger partial charge in [-0.25, -0.2) is 8.42 Å². The number of hydrogen-bond acceptors (Lipinski definition) is 8. The molecule has 0 aliphatic heterocycles. The Morgan fingerprint density at radius 3 is 1.30 bits per heavy atom. The highest BCUT2D eigenvalue weighted by molar-refractivity contribution is 9.10. The Balaban J connectivity index is 1.56. The summed E-state index contributed by atoms with van der Waals surface area (Å²) < 4.78 is 104. The molecule has 14 heteroatoms. The molecule has 61 heavy (non-hydrogen) atoms. The number of unbranched alkanes of at least 4 members (excludes halogenated alkanes) is 6. The predicted molar refractivity (Wildman–Crippen MR) is 243 cm³/mol. The van der Waals surface area contributed by atoms with Gasteiger partial charge < -0.3 is 4.74 Å². The predicted octanol–water partition coefficient (Wildman–Crippen LogP) is 13.2. The van der Waals surface area contributed by atoms with Crippen LogP contribution in [-0.4, -0.2) is 41.3 Å². The maximum Gasteiger partial charge on any atom is 0.466 e. The Kier molecular flexibility index (Phi) is 16.7. The summed E-state index contributed by atoms with van der Waals surface area (Å²) in [5.74, 6) is -2.20. The Labute approximate surface area is 373 Å². The second-order valence-electron chi connectivity index (χ2n) is 18.2. The number of carbonyl (C=O) groups excluding carboxylic acids is 1. The first-order valence-electron chi connectivity index (χ1n) is 20.5. The van der Waals surface area contributed by atoms with Crippen LogP contribution in [0.15, 0.2) is 121 Å². The lowest BCUT2D eigenvalue weighted by molar-refractivity contribution is -0.161. The number of hydrogen-bond donors (Lipinski definition) is 0. The van der Waals surface area contributed by atoms with Crippen LogP contribution in [0.2, 0.25) is 0 Å². The van der Waals surface area contributed by atoms with Crippen LogP contribution < -0.4 is 0 Å². The molecule has 336 valence electrons. The van der Waals surface area contributed by atoms with Crippen LogP contribution in [0.5, 0.6) is 0 Å². The van der Waals surface area contributed by atoms with Crippen LogP contribution in [-0.2, 0) is 53.8 Å². The van der Waals surface area contributed by atoms with Crippen LogP contribution in [0, 0.1) is 0 Å². The molecule has 4 aromatic carbocycles. The van der Waals surface area contributed by atoms with E-state index in [4.69, 9.17) is 12.5 Å². The molecule has 0 saturated carbocycles. The topological polar surface area (TPSA) is 113 Å². The van der Waals surface area contributed by atoms with E-state index in [-0.39, 0.29) is 17.9 Å². The number of ether oxygens (including phenoxy) is 1. The van der Waals surface area contributed by atoms with Crippen molar-refractivity contribution in [1.29, 1.82) is 0 Å². The maximum absolute atomic E-state index is 16.4. The van der Waals surface area contributed by atoms with E-state index >= 15 is 8.78 Å². The Morgan fingerprint density at radius 2 is 0.902 bits per heavy atom. The molecule has 8 nitrogen and oxygen atoms in total. The van der Waals surface area contributed by atoms with Gasteiger partial charge in [0.2, 0.25) is 0 Å². The van der Waals surface area contributed by atoms with E-state index in [0.717, 1.165) is 23.7 Å². The van der Waals surface area contributed by atoms with Gasteiger partial charge in [-0.3, -0.25) is 4.18 Å². The molecular weight excluding hydrogens is 907 g/mol. The van der Waals surface area contributed by atoms with Gasteiger partial charge in [-0.1, -0.05) is 165 Å². The highest BCUT2D eigenvalue weighted by atomic mass is 79.9. The van der Waals surface area contributed by atoms with Crippen molar-refractivity contribution in [3.63, 3.8) is 0 Å². The Bertz CT molecular complexity index is 2190. The second-order valence-corrected chi connectivity index (χ2v) is 25.1. The molecule has 0 spiro atoms. The molecule has 0 unspecified atom stereocenters. The summed E-state index contributed by atoms with van der Waals surface area (Å²) in [6.07, 6.45) is 4.30. The average Bonchev–Trinajstić information content (AvgIpc) is 3.18. The molecule has 0 aliphatic rings. The van der Waals surface area contributed by atoms with E-state index in [9.17, 15) is 21.6 Å². The molecule has 0 bridgehead atoms. The average molecular weight is 968 g/mol. The maximum atomic E-state index is 16.4. The van der Waals surface area contributed by atoms with Gasteiger partial charge in [0.1, 0.15) is 0 Å². The molecule has 0 fully saturated rings. The highest BCUT2D eigenvalue weighted by Crippen LogP contribution is 2.74. The summed E-state index contributed by atoms with van der Waals surface area (Å²) in [6.45, 7) is 17.4. The van der Waals surface area contributed by atoms with Crippen molar-refractivity contribution >= 4 is 52.4 Å². The van der Waals surface area contributed by atoms with Gasteiger partial charge >= 0.3 is 21.3 Å². The molecule has 0 N–H and O–H groups in total. The van der Waals surface area contributed by atoms with Crippen molar-refractivity contribution in [3.8, 4) is 0 Å². The molecule has 0 heterocycles. The summed E-state index contributed by atoms with van der Waals surface area (Å²) in [7, 11) is -13.5. The minimum atomic E-state index is -6.06. The first kappa shape index (κ1) is 50.5. The van der Waals surface area contributed by atoms with Gasteiger partial charge in [-0.15, -0.1) is 0 Å². The fourth-order valence-electron chi connectivity index (χ4n) is 6.93. The molecule has 0 aromatic heterocycles. The molecule has 4 aromatic rings. The third-order valence-corrected chi connectivity index (χ3v) is 17.2. The number of halogens is 3. The number of alkyl halides is 2. The van der Waals surface area contributed by atoms with Crippen molar-refractivity contribution in [3.05, 3.63) is 118 Å². The summed E-state index contributed by atoms with van der Waals surface area (Å²) >= 11 is 3.28.